The molecular formula is C21H24O4S3. The molecule has 3 rings (SSSR count). The Kier molecular flexibility index (Phi) is 7.28. The van der Waals surface area contributed by atoms with Gasteiger partial charge in [-0.1, -0.05) is 53.0 Å². The fraction of sp³-hybridized carbons (Fsp3) is 0.381. The number of esters is 1. The molecule has 1 atom stereocenters. The maximum Gasteiger partial charge on any atom is 0.317 e. The summed E-state index contributed by atoms with van der Waals surface area (Å²) in [6.07, 6.45) is 3.72. The van der Waals surface area contributed by atoms with Crippen LogP contribution in [0.1, 0.15) is 31.6 Å². The third kappa shape index (κ3) is 4.33. The Morgan fingerprint density at radius 2 is 2.25 bits per heavy atom. The molecule has 0 bridgehead atoms. The molecule has 7 heteroatoms. The Bertz CT molecular complexity index is 791. The zero-order valence-electron chi connectivity index (χ0n) is 16.0. The molecule has 0 N–H and O–H groups in total. The second kappa shape index (κ2) is 9.50. The molecule has 1 aromatic rings. The Hall–Kier alpha value is -1.25. The molecule has 0 radical (unpaired) electrons. The van der Waals surface area contributed by atoms with E-state index in [0.29, 0.717) is 19.4 Å². The van der Waals surface area contributed by atoms with Crippen LogP contribution >= 0.6 is 32.9 Å². The van der Waals surface area contributed by atoms with Gasteiger partial charge in [0.05, 0.1) is 6.61 Å². The maximum absolute atomic E-state index is 12.9. The first-order valence-electron chi connectivity index (χ1n) is 9.06. The van der Waals surface area contributed by atoms with Crippen LogP contribution in [0.25, 0.3) is 4.91 Å². The number of carbonyl (C=O) groups is 1. The van der Waals surface area contributed by atoms with Crippen molar-refractivity contribution in [2.45, 2.75) is 39.3 Å². The number of carbonyl (C=O) groups excluding carboxylic acids is 1. The first-order chi connectivity index (χ1) is 13.5. The van der Waals surface area contributed by atoms with Gasteiger partial charge in [0.25, 0.3) is 0 Å². The summed E-state index contributed by atoms with van der Waals surface area (Å²) >= 11 is 1.67. The van der Waals surface area contributed by atoms with Gasteiger partial charge in [-0.2, -0.15) is 0 Å². The third-order valence-corrected chi connectivity index (χ3v) is 7.77. The molecular weight excluding hydrogens is 412 g/mol. The second-order valence-electron chi connectivity index (χ2n) is 6.53. The topological polar surface area (TPSA) is 44.8 Å². The molecule has 2 heterocycles. The summed E-state index contributed by atoms with van der Waals surface area (Å²) in [6, 6.07) is 4.12. The fourth-order valence-electron chi connectivity index (χ4n) is 3.34. The van der Waals surface area contributed by atoms with Gasteiger partial charge < -0.3 is 14.2 Å². The van der Waals surface area contributed by atoms with Gasteiger partial charge in [0.15, 0.2) is 12.6 Å². The van der Waals surface area contributed by atoms with Crippen molar-refractivity contribution in [3.63, 3.8) is 0 Å². The third-order valence-electron chi connectivity index (χ3n) is 4.63. The van der Waals surface area contributed by atoms with Gasteiger partial charge in [-0.3, -0.25) is 4.79 Å². The number of ether oxygens (including phenoxy) is 3. The Morgan fingerprint density at radius 1 is 1.46 bits per heavy atom. The number of hydrogen-bond donors (Lipinski definition) is 0. The van der Waals surface area contributed by atoms with Crippen molar-refractivity contribution < 1.29 is 19.0 Å². The van der Waals surface area contributed by atoms with Crippen molar-refractivity contribution in [3.8, 4) is 0 Å². The zero-order valence-corrected chi connectivity index (χ0v) is 18.5. The summed E-state index contributed by atoms with van der Waals surface area (Å²) in [6.45, 7) is 11.9. The summed E-state index contributed by atoms with van der Waals surface area (Å²) in [5.41, 5.74) is 1.13. The van der Waals surface area contributed by atoms with Crippen LogP contribution in [0.5, 0.6) is 0 Å². The van der Waals surface area contributed by atoms with E-state index in [0.717, 1.165) is 20.9 Å². The first kappa shape index (κ1) is 21.5. The molecule has 150 valence electrons. The van der Waals surface area contributed by atoms with Gasteiger partial charge in [0.2, 0.25) is 0 Å². The van der Waals surface area contributed by atoms with E-state index in [1.807, 2.05) is 31.4 Å². The van der Waals surface area contributed by atoms with Crippen molar-refractivity contribution in [2.24, 2.45) is 5.41 Å². The lowest BCUT2D eigenvalue weighted by Gasteiger charge is -2.43. The number of allylic oxidation sites excluding steroid dienone is 4. The van der Waals surface area contributed by atoms with E-state index >= 15 is 0 Å². The summed E-state index contributed by atoms with van der Waals surface area (Å²) in [7, 11) is 3.28. The first-order valence-corrected chi connectivity index (χ1v) is 12.1. The van der Waals surface area contributed by atoms with Crippen molar-refractivity contribution in [2.75, 3.05) is 6.61 Å². The largest absolute Gasteiger partial charge is 0.465 e. The summed E-state index contributed by atoms with van der Waals surface area (Å²) < 4.78 is 16.9. The molecule has 28 heavy (non-hydrogen) atoms. The Balaban J connectivity index is 1.96. The van der Waals surface area contributed by atoms with Gasteiger partial charge in [-0.25, -0.2) is 0 Å². The fourth-order valence-corrected chi connectivity index (χ4v) is 6.48. The van der Waals surface area contributed by atoms with Crippen LogP contribution in [-0.4, -0.2) is 25.2 Å². The minimum atomic E-state index is -0.875. The Labute approximate surface area is 178 Å². The molecule has 0 spiro atoms. The predicted octanol–water partition coefficient (Wildman–Crippen LogP) is 6.16. The smallest absolute Gasteiger partial charge is 0.317 e. The molecule has 1 unspecified atom stereocenters. The van der Waals surface area contributed by atoms with E-state index < -0.39 is 11.7 Å². The maximum atomic E-state index is 12.9. The SMILES string of the molecule is C=C/C=C\SS/C(=C1/CC(C(=O)OCC)(C2OC(C)O2)CC1=C)c1cccs1. The summed E-state index contributed by atoms with van der Waals surface area (Å²) in [5.74, 6) is -0.280. The molecule has 1 aliphatic heterocycles. The standard InChI is InChI=1S/C21H24O4S3/c1-5-7-11-27-28-18(17-9-8-10-26-17)16-13-21(12-14(16)3,19(22)23-6-2)20-24-15(4)25-20/h5,7-11,15,20H,1,3,6,12-13H2,2,4H3/b11-7-,18-16-. The van der Waals surface area contributed by atoms with E-state index in [9.17, 15) is 4.79 Å². The molecule has 0 amide bonds. The van der Waals surface area contributed by atoms with E-state index in [4.69, 9.17) is 14.2 Å². The van der Waals surface area contributed by atoms with Gasteiger partial charge >= 0.3 is 5.97 Å². The van der Waals surface area contributed by atoms with E-state index in [2.05, 4.69) is 24.6 Å². The molecule has 1 saturated heterocycles. The molecule has 2 aliphatic rings. The molecule has 2 fully saturated rings. The molecule has 0 aromatic carbocycles. The normalized spacial score (nSPS) is 29.0. The lowest BCUT2D eigenvalue weighted by atomic mass is 9.84. The van der Waals surface area contributed by atoms with Crippen molar-refractivity contribution in [1.29, 1.82) is 0 Å². The van der Waals surface area contributed by atoms with Crippen LogP contribution in [0.15, 0.2) is 59.4 Å². The van der Waals surface area contributed by atoms with Crippen LogP contribution in [0.2, 0.25) is 0 Å². The highest BCUT2D eigenvalue weighted by molar-refractivity contribution is 8.81. The molecule has 1 aromatic heterocycles. The minimum Gasteiger partial charge on any atom is -0.465 e. The highest BCUT2D eigenvalue weighted by atomic mass is 33.1. The highest BCUT2D eigenvalue weighted by Crippen LogP contribution is 2.56. The molecule has 1 saturated carbocycles. The van der Waals surface area contributed by atoms with Gasteiger partial charge in [-0.05, 0) is 54.7 Å². The zero-order chi connectivity index (χ0) is 20.1. The van der Waals surface area contributed by atoms with Gasteiger partial charge in [0, 0.05) is 9.78 Å². The monoisotopic (exact) mass is 436 g/mol. The van der Waals surface area contributed by atoms with Gasteiger partial charge in [0.1, 0.15) is 5.41 Å². The summed E-state index contributed by atoms with van der Waals surface area (Å²) in [5, 5.41) is 4.04. The lowest BCUT2D eigenvalue weighted by molar-refractivity contribution is -0.405. The minimum absolute atomic E-state index is 0.280. The van der Waals surface area contributed by atoms with Crippen molar-refractivity contribution in [1.82, 2.24) is 0 Å². The quantitative estimate of drug-likeness (QED) is 0.276. The number of rotatable bonds is 8. The highest BCUT2D eigenvalue weighted by Gasteiger charge is 2.58. The lowest BCUT2D eigenvalue weighted by Crippen LogP contribution is -2.54. The van der Waals surface area contributed by atoms with Crippen LogP contribution in [0.3, 0.4) is 0 Å². The van der Waals surface area contributed by atoms with Crippen LogP contribution in [-0.2, 0) is 19.0 Å². The average molecular weight is 437 g/mol. The summed E-state index contributed by atoms with van der Waals surface area (Å²) in [4.78, 5) is 15.2. The molecule has 1 aliphatic carbocycles. The number of thiophene rings is 1. The van der Waals surface area contributed by atoms with Crippen molar-refractivity contribution >= 4 is 43.8 Å². The number of hydrogen-bond acceptors (Lipinski definition) is 7. The van der Waals surface area contributed by atoms with E-state index in [1.54, 1.807) is 39.0 Å². The van der Waals surface area contributed by atoms with Crippen LogP contribution < -0.4 is 0 Å². The van der Waals surface area contributed by atoms with Crippen molar-refractivity contribution in [3.05, 3.63) is 64.3 Å². The average Bonchev–Trinajstić information content (AvgIpc) is 3.28. The van der Waals surface area contributed by atoms with Crippen LogP contribution in [0, 0.1) is 5.41 Å². The second-order valence-corrected chi connectivity index (χ2v) is 9.60. The Morgan fingerprint density at radius 3 is 2.86 bits per heavy atom. The van der Waals surface area contributed by atoms with E-state index in [-0.39, 0.29) is 12.3 Å². The van der Waals surface area contributed by atoms with E-state index in [1.165, 1.54) is 0 Å². The van der Waals surface area contributed by atoms with Crippen LogP contribution in [0.4, 0.5) is 0 Å². The predicted molar refractivity (Wildman–Crippen MR) is 119 cm³/mol. The van der Waals surface area contributed by atoms with Gasteiger partial charge in [-0.15, -0.1) is 11.3 Å². The molecule has 4 nitrogen and oxygen atoms in total.